The van der Waals surface area contributed by atoms with Crippen LogP contribution in [-0.4, -0.2) is 36.3 Å². The van der Waals surface area contributed by atoms with Crippen molar-refractivity contribution in [2.75, 3.05) is 31.2 Å². The van der Waals surface area contributed by atoms with Gasteiger partial charge in [0.15, 0.2) is 0 Å². The van der Waals surface area contributed by atoms with Gasteiger partial charge in [0.25, 0.3) is 0 Å². The van der Waals surface area contributed by atoms with Gasteiger partial charge in [0.2, 0.25) is 0 Å². The molecule has 0 spiro atoms. The molecule has 3 heteroatoms. The number of hydrogen-bond acceptors (Lipinski definition) is 3. The Labute approximate surface area is 79.4 Å². The average Bonchev–Trinajstić information content (AvgIpc) is 2.02. The van der Waals surface area contributed by atoms with E-state index in [1.807, 2.05) is 18.7 Å². The maximum atomic E-state index is 8.50. The van der Waals surface area contributed by atoms with Crippen LogP contribution in [0.2, 0.25) is 0 Å². The molecule has 72 valence electrons. The highest BCUT2D eigenvalue weighted by atomic mass is 32.2. The molecular weight excluding hydrogens is 170 g/mol. The molecule has 0 aromatic heterocycles. The molecule has 0 aliphatic rings. The monoisotopic (exact) mass is 189 g/mol. The van der Waals surface area contributed by atoms with E-state index in [9.17, 15) is 0 Å². The third kappa shape index (κ3) is 10.0. The molecule has 2 nitrogen and oxygen atoms in total. The summed E-state index contributed by atoms with van der Waals surface area (Å²) in [4.78, 5) is 0. The number of aliphatic hydroxyl groups is 1. The van der Waals surface area contributed by atoms with Crippen LogP contribution >= 0.6 is 11.8 Å². The van der Waals surface area contributed by atoms with Crippen LogP contribution in [0.4, 0.5) is 0 Å². The van der Waals surface area contributed by atoms with Gasteiger partial charge in [-0.25, -0.2) is 0 Å². The summed E-state index contributed by atoms with van der Waals surface area (Å²) in [5.74, 6) is 2.18. The fourth-order valence-electron chi connectivity index (χ4n) is 0.715. The van der Waals surface area contributed by atoms with Crippen LogP contribution in [0.5, 0.6) is 0 Å². The first-order chi connectivity index (χ1) is 5.77. The number of thioether (sulfide) groups is 1. The third-order valence-corrected chi connectivity index (χ3v) is 2.37. The molecule has 2 N–H and O–H groups in total. The molecule has 0 fully saturated rings. The van der Waals surface area contributed by atoms with Crippen molar-refractivity contribution in [1.29, 1.82) is 0 Å². The standard InChI is InChI=1S/C9H19NOS/c1-9(2)8-10-4-7-12-6-3-5-11/h10-11H,1,3-8H2,2H3. The van der Waals surface area contributed by atoms with Crippen molar-refractivity contribution in [2.45, 2.75) is 13.3 Å². The van der Waals surface area contributed by atoms with Gasteiger partial charge in [-0.2, -0.15) is 11.8 Å². The van der Waals surface area contributed by atoms with Crippen LogP contribution in [0.1, 0.15) is 13.3 Å². The van der Waals surface area contributed by atoms with Crippen LogP contribution in [0.15, 0.2) is 12.2 Å². The molecule has 0 aromatic rings. The zero-order valence-corrected chi connectivity index (χ0v) is 8.62. The molecule has 0 saturated carbocycles. The molecule has 0 heterocycles. The van der Waals surface area contributed by atoms with E-state index in [0.717, 1.165) is 31.0 Å². The lowest BCUT2D eigenvalue weighted by atomic mass is 10.3. The van der Waals surface area contributed by atoms with Gasteiger partial charge in [-0.15, -0.1) is 0 Å². The molecule has 12 heavy (non-hydrogen) atoms. The quantitative estimate of drug-likeness (QED) is 0.445. The van der Waals surface area contributed by atoms with Crippen molar-refractivity contribution < 1.29 is 5.11 Å². The van der Waals surface area contributed by atoms with Crippen LogP contribution in [0.25, 0.3) is 0 Å². The van der Waals surface area contributed by atoms with E-state index in [-0.39, 0.29) is 0 Å². The SMILES string of the molecule is C=C(C)CNCCSCCCO. The van der Waals surface area contributed by atoms with E-state index in [1.165, 1.54) is 5.57 Å². The van der Waals surface area contributed by atoms with E-state index in [4.69, 9.17) is 5.11 Å². The van der Waals surface area contributed by atoms with E-state index in [0.29, 0.717) is 6.61 Å². The normalized spacial score (nSPS) is 10.2. The first-order valence-corrected chi connectivity index (χ1v) is 5.46. The highest BCUT2D eigenvalue weighted by Gasteiger charge is 1.89. The first-order valence-electron chi connectivity index (χ1n) is 4.31. The summed E-state index contributed by atoms with van der Waals surface area (Å²) in [6.45, 7) is 8.08. The van der Waals surface area contributed by atoms with Gasteiger partial charge in [0.05, 0.1) is 0 Å². The van der Waals surface area contributed by atoms with Crippen molar-refractivity contribution in [3.8, 4) is 0 Å². The molecule has 0 bridgehead atoms. The predicted molar refractivity (Wildman–Crippen MR) is 56.7 cm³/mol. The summed E-state index contributed by atoms with van der Waals surface area (Å²) in [7, 11) is 0. The Kier molecular flexibility index (Phi) is 9.11. The second-order valence-corrected chi connectivity index (χ2v) is 4.05. The second-order valence-electron chi connectivity index (χ2n) is 2.82. The third-order valence-electron chi connectivity index (χ3n) is 1.30. The molecule has 0 atom stereocenters. The van der Waals surface area contributed by atoms with Crippen LogP contribution in [-0.2, 0) is 0 Å². The van der Waals surface area contributed by atoms with Gasteiger partial charge in [-0.05, 0) is 19.1 Å². The van der Waals surface area contributed by atoms with Crippen molar-refractivity contribution in [3.05, 3.63) is 12.2 Å². The minimum atomic E-state index is 0.312. The molecule has 0 aliphatic heterocycles. The lowest BCUT2D eigenvalue weighted by Gasteiger charge is -2.03. The van der Waals surface area contributed by atoms with Gasteiger partial charge in [-0.3, -0.25) is 0 Å². The van der Waals surface area contributed by atoms with Crippen LogP contribution in [0, 0.1) is 0 Å². The van der Waals surface area contributed by atoms with Gasteiger partial charge in [0, 0.05) is 25.4 Å². The highest BCUT2D eigenvalue weighted by Crippen LogP contribution is 1.99. The molecule has 0 amide bonds. The van der Waals surface area contributed by atoms with Crippen molar-refractivity contribution in [3.63, 3.8) is 0 Å². The summed E-state index contributed by atoms with van der Waals surface area (Å²) in [6.07, 6.45) is 0.908. The van der Waals surface area contributed by atoms with Crippen molar-refractivity contribution in [2.24, 2.45) is 0 Å². The minimum Gasteiger partial charge on any atom is -0.396 e. The smallest absolute Gasteiger partial charge is 0.0438 e. The zero-order valence-electron chi connectivity index (χ0n) is 7.81. The van der Waals surface area contributed by atoms with Gasteiger partial charge < -0.3 is 10.4 Å². The highest BCUT2D eigenvalue weighted by molar-refractivity contribution is 7.99. The molecule has 0 rings (SSSR count). The van der Waals surface area contributed by atoms with E-state index >= 15 is 0 Å². The summed E-state index contributed by atoms with van der Waals surface area (Å²) >= 11 is 1.88. The average molecular weight is 189 g/mol. The van der Waals surface area contributed by atoms with Crippen LogP contribution < -0.4 is 5.32 Å². The molecule has 0 unspecified atom stereocenters. The maximum absolute atomic E-state index is 8.50. The largest absolute Gasteiger partial charge is 0.396 e. The van der Waals surface area contributed by atoms with Gasteiger partial charge >= 0.3 is 0 Å². The van der Waals surface area contributed by atoms with Crippen molar-refractivity contribution in [1.82, 2.24) is 5.32 Å². The summed E-state index contributed by atoms with van der Waals surface area (Å²) < 4.78 is 0. The van der Waals surface area contributed by atoms with Gasteiger partial charge in [0.1, 0.15) is 0 Å². The number of hydrogen-bond donors (Lipinski definition) is 2. The van der Waals surface area contributed by atoms with E-state index in [2.05, 4.69) is 11.9 Å². The minimum absolute atomic E-state index is 0.312. The van der Waals surface area contributed by atoms with Gasteiger partial charge in [-0.1, -0.05) is 12.2 Å². The molecular formula is C9H19NOS. The maximum Gasteiger partial charge on any atom is 0.0438 e. The number of aliphatic hydroxyl groups excluding tert-OH is 1. The fourth-order valence-corrected chi connectivity index (χ4v) is 1.54. The first kappa shape index (κ1) is 12.0. The summed E-state index contributed by atoms with van der Waals surface area (Å²) in [5, 5.41) is 11.8. The number of rotatable bonds is 8. The lowest BCUT2D eigenvalue weighted by Crippen LogP contribution is -2.18. The summed E-state index contributed by atoms with van der Waals surface area (Å²) in [5.41, 5.74) is 1.18. The van der Waals surface area contributed by atoms with Crippen molar-refractivity contribution >= 4 is 11.8 Å². The Morgan fingerprint density at radius 2 is 2.25 bits per heavy atom. The predicted octanol–water partition coefficient (Wildman–Crippen LogP) is 1.27. The molecule has 0 aromatic carbocycles. The molecule has 0 radical (unpaired) electrons. The Balaban J connectivity index is 2.86. The zero-order chi connectivity index (χ0) is 9.23. The second kappa shape index (κ2) is 9.10. The number of nitrogens with one attached hydrogen (secondary N) is 1. The Morgan fingerprint density at radius 1 is 1.50 bits per heavy atom. The Bertz CT molecular complexity index is 117. The van der Waals surface area contributed by atoms with E-state index < -0.39 is 0 Å². The Hall–Kier alpha value is 0.01000. The molecule has 0 saturated heterocycles. The fraction of sp³-hybridized carbons (Fsp3) is 0.778. The summed E-state index contributed by atoms with van der Waals surface area (Å²) in [6, 6.07) is 0. The Morgan fingerprint density at radius 3 is 2.83 bits per heavy atom. The van der Waals surface area contributed by atoms with E-state index in [1.54, 1.807) is 0 Å². The topological polar surface area (TPSA) is 32.3 Å². The van der Waals surface area contributed by atoms with Crippen LogP contribution in [0.3, 0.4) is 0 Å². The lowest BCUT2D eigenvalue weighted by molar-refractivity contribution is 0.296. The molecule has 0 aliphatic carbocycles.